The summed E-state index contributed by atoms with van der Waals surface area (Å²) in [5.41, 5.74) is 5.11. The third kappa shape index (κ3) is 3.98. The lowest BCUT2D eigenvalue weighted by molar-refractivity contribution is -0.116. The molecule has 0 spiro atoms. The second-order valence-electron chi connectivity index (χ2n) is 8.42. The van der Waals surface area contributed by atoms with Crippen LogP contribution in [-0.2, 0) is 4.79 Å². The maximum Gasteiger partial charge on any atom is 0.163 e. The van der Waals surface area contributed by atoms with E-state index < -0.39 is 0 Å². The smallest absolute Gasteiger partial charge is 0.163 e. The molecular formula is C26H26N2O2S. The van der Waals surface area contributed by atoms with Crippen molar-refractivity contribution >= 4 is 28.5 Å². The van der Waals surface area contributed by atoms with Crippen molar-refractivity contribution in [1.82, 2.24) is 0 Å². The van der Waals surface area contributed by atoms with E-state index in [1.807, 2.05) is 44.2 Å². The van der Waals surface area contributed by atoms with E-state index in [9.17, 15) is 4.79 Å². The maximum absolute atomic E-state index is 13.5. The van der Waals surface area contributed by atoms with E-state index in [4.69, 9.17) is 4.74 Å². The molecule has 0 saturated heterocycles. The minimum atomic E-state index is -0.124. The van der Waals surface area contributed by atoms with Crippen LogP contribution in [0.15, 0.2) is 77.3 Å². The summed E-state index contributed by atoms with van der Waals surface area (Å²) in [6.45, 7) is 4.05. The van der Waals surface area contributed by atoms with Crippen molar-refractivity contribution in [2.45, 2.75) is 44.8 Å². The standard InChI is InChI=1S/C26H26N2O2S/c1-16(2)30-19-11-9-17(10-12-19)18-14-22-25(23(29)15-18)26(24-8-5-13-31-24)28-21-7-4-3-6-20(21)27-22/h3-13,16,18,26-28H,14-15H2,1-2H3. The van der Waals surface area contributed by atoms with Crippen molar-refractivity contribution in [3.8, 4) is 5.75 Å². The molecule has 5 rings (SSSR count). The molecule has 0 fully saturated rings. The van der Waals surface area contributed by atoms with E-state index in [2.05, 4.69) is 46.3 Å². The molecule has 2 atom stereocenters. The molecule has 0 amide bonds. The van der Waals surface area contributed by atoms with Gasteiger partial charge in [-0.25, -0.2) is 0 Å². The molecule has 1 aliphatic carbocycles. The molecule has 2 unspecified atom stereocenters. The summed E-state index contributed by atoms with van der Waals surface area (Å²) >= 11 is 1.68. The molecule has 2 aliphatic rings. The van der Waals surface area contributed by atoms with Gasteiger partial charge in [-0.3, -0.25) is 4.79 Å². The van der Waals surface area contributed by atoms with Crippen molar-refractivity contribution < 1.29 is 9.53 Å². The first-order chi connectivity index (χ1) is 15.1. The van der Waals surface area contributed by atoms with Gasteiger partial charge in [0, 0.05) is 22.6 Å². The highest BCUT2D eigenvalue weighted by Gasteiger charge is 2.36. The van der Waals surface area contributed by atoms with Crippen LogP contribution in [0.2, 0.25) is 0 Å². The zero-order valence-corrected chi connectivity index (χ0v) is 18.5. The first kappa shape index (κ1) is 19.9. The van der Waals surface area contributed by atoms with Crippen LogP contribution in [-0.4, -0.2) is 11.9 Å². The van der Waals surface area contributed by atoms with Crippen molar-refractivity contribution in [3.63, 3.8) is 0 Å². The number of carbonyl (C=O) groups is 1. The molecule has 2 heterocycles. The number of ether oxygens (including phenoxy) is 1. The van der Waals surface area contributed by atoms with Gasteiger partial charge in [0.2, 0.25) is 0 Å². The molecule has 31 heavy (non-hydrogen) atoms. The third-order valence-electron chi connectivity index (χ3n) is 5.86. The first-order valence-corrected chi connectivity index (χ1v) is 11.7. The van der Waals surface area contributed by atoms with Crippen LogP contribution >= 0.6 is 11.3 Å². The lowest BCUT2D eigenvalue weighted by atomic mass is 9.79. The van der Waals surface area contributed by atoms with Gasteiger partial charge in [-0.15, -0.1) is 11.3 Å². The van der Waals surface area contributed by atoms with Crippen molar-refractivity contribution in [1.29, 1.82) is 0 Å². The summed E-state index contributed by atoms with van der Waals surface area (Å²) in [5.74, 6) is 1.23. The van der Waals surface area contributed by atoms with Gasteiger partial charge in [0.25, 0.3) is 0 Å². The van der Waals surface area contributed by atoms with E-state index in [0.29, 0.717) is 6.42 Å². The number of nitrogens with one attached hydrogen (secondary N) is 2. The second-order valence-corrected chi connectivity index (χ2v) is 9.40. The number of hydrogen-bond donors (Lipinski definition) is 2. The van der Waals surface area contributed by atoms with E-state index in [1.165, 1.54) is 5.56 Å². The number of allylic oxidation sites excluding steroid dienone is 1. The van der Waals surface area contributed by atoms with Crippen LogP contribution in [0, 0.1) is 0 Å². The van der Waals surface area contributed by atoms with Crippen LogP contribution in [0.1, 0.15) is 49.1 Å². The molecule has 5 heteroatoms. The van der Waals surface area contributed by atoms with Gasteiger partial charge in [-0.1, -0.05) is 30.3 Å². The quantitative estimate of drug-likeness (QED) is 0.495. The van der Waals surface area contributed by atoms with Crippen LogP contribution in [0.5, 0.6) is 5.75 Å². The predicted octanol–water partition coefficient (Wildman–Crippen LogP) is 6.51. The Kier molecular flexibility index (Phi) is 5.28. The summed E-state index contributed by atoms with van der Waals surface area (Å²) in [4.78, 5) is 14.6. The Labute approximate surface area is 187 Å². The number of thiophene rings is 1. The Morgan fingerprint density at radius 2 is 1.74 bits per heavy atom. The van der Waals surface area contributed by atoms with E-state index in [0.717, 1.165) is 39.7 Å². The van der Waals surface area contributed by atoms with Gasteiger partial charge < -0.3 is 15.4 Å². The third-order valence-corrected chi connectivity index (χ3v) is 6.80. The topological polar surface area (TPSA) is 50.4 Å². The van der Waals surface area contributed by atoms with Crippen molar-refractivity contribution in [2.24, 2.45) is 0 Å². The molecule has 0 bridgehead atoms. The zero-order chi connectivity index (χ0) is 21.4. The lowest BCUT2D eigenvalue weighted by Crippen LogP contribution is -2.26. The van der Waals surface area contributed by atoms with Crippen LogP contribution < -0.4 is 15.4 Å². The van der Waals surface area contributed by atoms with Gasteiger partial charge in [-0.2, -0.15) is 0 Å². The average Bonchev–Trinajstić information content (AvgIpc) is 3.22. The van der Waals surface area contributed by atoms with Crippen LogP contribution in [0.25, 0.3) is 0 Å². The van der Waals surface area contributed by atoms with Gasteiger partial charge in [0.1, 0.15) is 5.75 Å². The molecule has 0 radical (unpaired) electrons. The summed E-state index contributed by atoms with van der Waals surface area (Å²) in [6.07, 6.45) is 1.47. The molecule has 1 aliphatic heterocycles. The SMILES string of the molecule is CC(C)Oc1ccc(C2CC(=O)C3=C(C2)Nc2ccccc2NC3c2cccs2)cc1. The number of carbonyl (C=O) groups excluding carboxylic acids is 1. The van der Waals surface area contributed by atoms with Gasteiger partial charge in [0.05, 0.1) is 23.5 Å². The van der Waals surface area contributed by atoms with Gasteiger partial charge in [-0.05, 0) is 67.5 Å². The monoisotopic (exact) mass is 430 g/mol. The Balaban J connectivity index is 1.50. The minimum absolute atomic E-state index is 0.124. The Bertz CT molecular complexity index is 1120. The fourth-order valence-electron chi connectivity index (χ4n) is 4.49. The molecule has 4 nitrogen and oxygen atoms in total. The number of ketones is 1. The summed E-state index contributed by atoms with van der Waals surface area (Å²) in [5, 5.41) is 9.29. The highest BCUT2D eigenvalue weighted by Crippen LogP contribution is 2.45. The zero-order valence-electron chi connectivity index (χ0n) is 17.7. The number of anilines is 2. The second kappa shape index (κ2) is 8.23. The average molecular weight is 431 g/mol. The molecule has 158 valence electrons. The maximum atomic E-state index is 13.5. The molecule has 2 aromatic carbocycles. The Hall–Kier alpha value is -3.05. The van der Waals surface area contributed by atoms with Crippen molar-refractivity contribution in [2.75, 3.05) is 10.6 Å². The molecule has 0 saturated carbocycles. The van der Waals surface area contributed by atoms with Crippen LogP contribution in [0.3, 0.4) is 0 Å². The van der Waals surface area contributed by atoms with E-state index in [-0.39, 0.29) is 23.8 Å². The minimum Gasteiger partial charge on any atom is -0.491 e. The molecular weight excluding hydrogens is 404 g/mol. The van der Waals surface area contributed by atoms with E-state index >= 15 is 0 Å². The first-order valence-electron chi connectivity index (χ1n) is 10.8. The highest BCUT2D eigenvalue weighted by atomic mass is 32.1. The Morgan fingerprint density at radius 3 is 2.45 bits per heavy atom. The number of para-hydroxylation sites is 2. The van der Waals surface area contributed by atoms with Gasteiger partial charge in [0.15, 0.2) is 5.78 Å². The normalized spacial score (nSPS) is 20.4. The number of benzene rings is 2. The summed E-state index contributed by atoms with van der Waals surface area (Å²) in [6, 6.07) is 20.4. The van der Waals surface area contributed by atoms with Crippen LogP contribution in [0.4, 0.5) is 11.4 Å². The molecule has 1 aromatic heterocycles. The fraction of sp³-hybridized carbons (Fsp3) is 0.269. The number of Topliss-reactive ketones (excluding diaryl/α,β-unsaturated/α-hetero) is 1. The number of rotatable bonds is 4. The molecule has 2 N–H and O–H groups in total. The Morgan fingerprint density at radius 1 is 0.968 bits per heavy atom. The largest absolute Gasteiger partial charge is 0.491 e. The molecule has 3 aromatic rings. The summed E-state index contributed by atoms with van der Waals surface area (Å²) < 4.78 is 5.78. The highest BCUT2D eigenvalue weighted by molar-refractivity contribution is 7.10. The number of hydrogen-bond acceptors (Lipinski definition) is 5. The van der Waals surface area contributed by atoms with E-state index in [1.54, 1.807) is 11.3 Å². The summed E-state index contributed by atoms with van der Waals surface area (Å²) in [7, 11) is 0. The van der Waals surface area contributed by atoms with Gasteiger partial charge >= 0.3 is 0 Å². The lowest BCUT2D eigenvalue weighted by Gasteiger charge is -2.29. The fourth-order valence-corrected chi connectivity index (χ4v) is 5.27. The predicted molar refractivity (Wildman–Crippen MR) is 127 cm³/mol. The van der Waals surface area contributed by atoms with Crippen molar-refractivity contribution in [3.05, 3.63) is 87.8 Å². The number of fused-ring (bicyclic) bond motifs is 1.